The number of rotatable bonds is 3. The average molecular weight is 297 g/mol. The van der Waals surface area contributed by atoms with Crippen molar-refractivity contribution in [2.24, 2.45) is 5.92 Å². The summed E-state index contributed by atoms with van der Waals surface area (Å²) in [5.74, 6) is 1.43. The molecule has 1 aromatic heterocycles. The van der Waals surface area contributed by atoms with Crippen molar-refractivity contribution in [2.45, 2.75) is 31.7 Å². The highest BCUT2D eigenvalue weighted by atomic mass is 35.5. The second kappa shape index (κ2) is 5.70. The maximum atomic E-state index is 13.5. The van der Waals surface area contributed by atoms with Gasteiger partial charge in [0.15, 0.2) is 0 Å². The fourth-order valence-electron chi connectivity index (χ4n) is 3.07. The lowest BCUT2D eigenvalue weighted by Gasteiger charge is -2.30. The van der Waals surface area contributed by atoms with Gasteiger partial charge in [0.25, 0.3) is 0 Å². The molecule has 0 N–H and O–H groups in total. The Kier molecular flexibility index (Phi) is 3.94. The molecule has 1 aliphatic rings. The van der Waals surface area contributed by atoms with Gasteiger partial charge in [-0.1, -0.05) is 0 Å². The third-order valence-electron chi connectivity index (χ3n) is 4.20. The quantitative estimate of drug-likeness (QED) is 0.803. The number of fused-ring (bicyclic) bond motifs is 1. The first kappa shape index (κ1) is 13.8. The van der Waals surface area contributed by atoms with Gasteiger partial charge in [0, 0.05) is 19.3 Å². The van der Waals surface area contributed by atoms with Gasteiger partial charge in [0.05, 0.1) is 16.9 Å². The predicted octanol–water partition coefficient (Wildman–Crippen LogP) is 3.90. The van der Waals surface area contributed by atoms with E-state index < -0.39 is 0 Å². The monoisotopic (exact) mass is 296 g/mol. The maximum Gasteiger partial charge on any atom is 0.125 e. The number of benzene rings is 1. The van der Waals surface area contributed by atoms with E-state index in [4.69, 9.17) is 16.3 Å². The summed E-state index contributed by atoms with van der Waals surface area (Å²) in [6, 6.07) is 4.96. The molecule has 20 heavy (non-hydrogen) atoms. The summed E-state index contributed by atoms with van der Waals surface area (Å²) in [7, 11) is 0. The number of nitrogens with zero attached hydrogens (tertiary/aromatic N) is 2. The molecule has 1 aromatic carbocycles. The van der Waals surface area contributed by atoms with E-state index >= 15 is 0 Å². The van der Waals surface area contributed by atoms with Crippen LogP contribution in [0.3, 0.4) is 0 Å². The van der Waals surface area contributed by atoms with Gasteiger partial charge in [-0.2, -0.15) is 0 Å². The molecule has 0 aliphatic carbocycles. The van der Waals surface area contributed by atoms with E-state index in [0.717, 1.165) is 42.9 Å². The van der Waals surface area contributed by atoms with Gasteiger partial charge in [-0.15, -0.1) is 11.6 Å². The zero-order valence-corrected chi connectivity index (χ0v) is 12.2. The van der Waals surface area contributed by atoms with Gasteiger partial charge in [0.1, 0.15) is 11.6 Å². The minimum absolute atomic E-state index is 0.237. The lowest BCUT2D eigenvalue weighted by molar-refractivity contribution is 0.0516. The summed E-state index contributed by atoms with van der Waals surface area (Å²) in [4.78, 5) is 4.52. The third kappa shape index (κ3) is 2.42. The molecule has 3 rings (SSSR count). The second-order valence-electron chi connectivity index (χ2n) is 5.36. The molecule has 108 valence electrons. The first-order valence-electron chi connectivity index (χ1n) is 7.00. The second-order valence-corrected chi connectivity index (χ2v) is 5.62. The first-order chi connectivity index (χ1) is 9.70. The van der Waals surface area contributed by atoms with Gasteiger partial charge in [0.2, 0.25) is 0 Å². The molecule has 0 bridgehead atoms. The highest BCUT2D eigenvalue weighted by Gasteiger charge is 2.25. The molecule has 1 fully saturated rings. The van der Waals surface area contributed by atoms with E-state index in [0.29, 0.717) is 11.8 Å². The maximum absolute atomic E-state index is 13.5. The zero-order chi connectivity index (χ0) is 14.1. The van der Waals surface area contributed by atoms with Crippen LogP contribution >= 0.6 is 11.6 Å². The molecular weight excluding hydrogens is 279 g/mol. The molecule has 0 saturated carbocycles. The van der Waals surface area contributed by atoms with Crippen molar-refractivity contribution in [3.8, 4) is 0 Å². The molecule has 1 unspecified atom stereocenters. The van der Waals surface area contributed by atoms with Gasteiger partial charge < -0.3 is 9.30 Å². The number of ether oxygens (including phenoxy) is 1. The lowest BCUT2D eigenvalue weighted by atomic mass is 9.92. The molecule has 5 heteroatoms. The smallest absolute Gasteiger partial charge is 0.125 e. The minimum atomic E-state index is -0.237. The molecular formula is C15H18ClFN2O. The van der Waals surface area contributed by atoms with Crippen LogP contribution in [0.1, 0.15) is 31.6 Å². The van der Waals surface area contributed by atoms with Crippen molar-refractivity contribution in [2.75, 3.05) is 13.2 Å². The molecule has 1 saturated heterocycles. The van der Waals surface area contributed by atoms with Gasteiger partial charge in [-0.3, -0.25) is 0 Å². The molecule has 0 radical (unpaired) electrons. The van der Waals surface area contributed by atoms with Crippen LogP contribution in [-0.2, 0) is 10.6 Å². The molecule has 2 heterocycles. The van der Waals surface area contributed by atoms with Crippen molar-refractivity contribution in [3.63, 3.8) is 0 Å². The van der Waals surface area contributed by atoms with E-state index in [1.54, 1.807) is 12.1 Å². The highest BCUT2D eigenvalue weighted by Crippen LogP contribution is 2.32. The number of aromatic nitrogens is 2. The Hall–Kier alpha value is -1.13. The zero-order valence-electron chi connectivity index (χ0n) is 11.5. The van der Waals surface area contributed by atoms with E-state index in [1.165, 1.54) is 6.07 Å². The molecule has 1 aliphatic heterocycles. The van der Waals surface area contributed by atoms with Gasteiger partial charge >= 0.3 is 0 Å². The summed E-state index contributed by atoms with van der Waals surface area (Å²) < 4.78 is 21.1. The SMILES string of the molecule is CC(C1CCOCC1)n1c(CCl)nc2ccc(F)cc21. The summed E-state index contributed by atoms with van der Waals surface area (Å²) in [6.45, 7) is 3.76. The highest BCUT2D eigenvalue weighted by molar-refractivity contribution is 6.16. The normalized spacial score (nSPS) is 18.6. The van der Waals surface area contributed by atoms with Crippen LogP contribution in [0.15, 0.2) is 18.2 Å². The topological polar surface area (TPSA) is 27.1 Å². The third-order valence-corrected chi connectivity index (χ3v) is 4.44. The fraction of sp³-hybridized carbons (Fsp3) is 0.533. The van der Waals surface area contributed by atoms with Crippen LogP contribution in [0.5, 0.6) is 0 Å². The minimum Gasteiger partial charge on any atom is -0.381 e. The Bertz CT molecular complexity index is 607. The molecule has 3 nitrogen and oxygen atoms in total. The average Bonchev–Trinajstić information content (AvgIpc) is 2.85. The molecule has 1 atom stereocenters. The Labute approximate surface area is 122 Å². The molecule has 0 amide bonds. The summed E-state index contributed by atoms with van der Waals surface area (Å²) in [5, 5.41) is 0. The standard InChI is InChI=1S/C15H18ClFN2O/c1-10(11-4-6-20-7-5-11)19-14-8-12(17)2-3-13(14)18-15(19)9-16/h2-3,8,10-11H,4-7,9H2,1H3. The van der Waals surface area contributed by atoms with Crippen LogP contribution < -0.4 is 0 Å². The lowest BCUT2D eigenvalue weighted by Crippen LogP contribution is -2.25. The van der Waals surface area contributed by atoms with Gasteiger partial charge in [-0.05, 0) is 43.9 Å². The largest absolute Gasteiger partial charge is 0.381 e. The van der Waals surface area contributed by atoms with Crippen molar-refractivity contribution in [3.05, 3.63) is 29.8 Å². The van der Waals surface area contributed by atoms with Crippen molar-refractivity contribution < 1.29 is 9.13 Å². The predicted molar refractivity (Wildman–Crippen MR) is 77.5 cm³/mol. The van der Waals surface area contributed by atoms with E-state index in [9.17, 15) is 4.39 Å². The van der Waals surface area contributed by atoms with Crippen LogP contribution in [0, 0.1) is 11.7 Å². The van der Waals surface area contributed by atoms with E-state index in [2.05, 4.69) is 16.5 Å². The fourth-order valence-corrected chi connectivity index (χ4v) is 3.26. The van der Waals surface area contributed by atoms with Crippen molar-refractivity contribution >= 4 is 22.6 Å². The van der Waals surface area contributed by atoms with E-state index in [1.807, 2.05) is 0 Å². The number of imidazole rings is 1. The van der Waals surface area contributed by atoms with E-state index in [-0.39, 0.29) is 11.9 Å². The number of hydrogen-bond acceptors (Lipinski definition) is 2. The molecule has 0 spiro atoms. The summed E-state index contributed by atoms with van der Waals surface area (Å²) in [6.07, 6.45) is 2.05. The van der Waals surface area contributed by atoms with Crippen LogP contribution in [0.2, 0.25) is 0 Å². The summed E-state index contributed by atoms with van der Waals surface area (Å²) >= 11 is 6.02. The number of alkyl halides is 1. The van der Waals surface area contributed by atoms with Crippen LogP contribution in [-0.4, -0.2) is 22.8 Å². The van der Waals surface area contributed by atoms with Crippen molar-refractivity contribution in [1.29, 1.82) is 0 Å². The van der Waals surface area contributed by atoms with Crippen LogP contribution in [0.4, 0.5) is 4.39 Å². The Balaban J connectivity index is 2.05. The Morgan fingerprint density at radius 3 is 2.90 bits per heavy atom. The van der Waals surface area contributed by atoms with Crippen molar-refractivity contribution in [1.82, 2.24) is 9.55 Å². The summed E-state index contributed by atoms with van der Waals surface area (Å²) in [5.41, 5.74) is 1.64. The van der Waals surface area contributed by atoms with Gasteiger partial charge in [-0.25, -0.2) is 9.37 Å². The molecule has 2 aromatic rings. The van der Waals surface area contributed by atoms with Crippen LogP contribution in [0.25, 0.3) is 11.0 Å². The Morgan fingerprint density at radius 1 is 1.45 bits per heavy atom. The number of hydrogen-bond donors (Lipinski definition) is 0. The Morgan fingerprint density at radius 2 is 2.20 bits per heavy atom. The first-order valence-corrected chi connectivity index (χ1v) is 7.54. The number of halogens is 2.